The standard InChI is InChI=1S/C11H25N3O2S/c1-4-9-14(17(15,16)13(2)3)10-11-7-5-6-8-12-11/h11-12H,4-10H2,1-3H3. The Morgan fingerprint density at radius 2 is 2.00 bits per heavy atom. The summed E-state index contributed by atoms with van der Waals surface area (Å²) >= 11 is 0. The molecule has 0 radical (unpaired) electrons. The molecule has 0 aliphatic carbocycles. The molecule has 0 aromatic heterocycles. The van der Waals surface area contributed by atoms with Gasteiger partial charge >= 0.3 is 0 Å². The highest BCUT2D eigenvalue weighted by Crippen LogP contribution is 2.12. The Morgan fingerprint density at radius 1 is 1.29 bits per heavy atom. The van der Waals surface area contributed by atoms with E-state index in [1.807, 2.05) is 6.92 Å². The topological polar surface area (TPSA) is 52.7 Å². The van der Waals surface area contributed by atoms with Crippen molar-refractivity contribution in [1.29, 1.82) is 0 Å². The molecular formula is C11H25N3O2S. The van der Waals surface area contributed by atoms with E-state index in [2.05, 4.69) is 5.32 Å². The van der Waals surface area contributed by atoms with Gasteiger partial charge < -0.3 is 5.32 Å². The van der Waals surface area contributed by atoms with Crippen molar-refractivity contribution in [3.63, 3.8) is 0 Å². The van der Waals surface area contributed by atoms with E-state index < -0.39 is 10.2 Å². The molecule has 1 rings (SSSR count). The zero-order valence-electron chi connectivity index (χ0n) is 11.1. The van der Waals surface area contributed by atoms with E-state index in [1.54, 1.807) is 18.4 Å². The normalized spacial score (nSPS) is 22.3. The number of rotatable bonds is 6. The molecule has 1 unspecified atom stereocenters. The summed E-state index contributed by atoms with van der Waals surface area (Å²) in [6.45, 7) is 4.20. The van der Waals surface area contributed by atoms with Crippen LogP contribution in [0.3, 0.4) is 0 Å². The van der Waals surface area contributed by atoms with Crippen LogP contribution in [0.5, 0.6) is 0 Å². The van der Waals surface area contributed by atoms with Crippen LogP contribution >= 0.6 is 0 Å². The van der Waals surface area contributed by atoms with Crippen LogP contribution in [0.4, 0.5) is 0 Å². The summed E-state index contributed by atoms with van der Waals surface area (Å²) < 4.78 is 27.1. The quantitative estimate of drug-likeness (QED) is 0.765. The van der Waals surface area contributed by atoms with E-state index in [4.69, 9.17) is 0 Å². The SMILES string of the molecule is CCCN(CC1CCCCN1)S(=O)(=O)N(C)C. The molecule has 1 heterocycles. The van der Waals surface area contributed by atoms with Crippen molar-refractivity contribution in [2.45, 2.75) is 38.6 Å². The Bertz CT molecular complexity index is 311. The van der Waals surface area contributed by atoms with Crippen LogP contribution < -0.4 is 5.32 Å². The van der Waals surface area contributed by atoms with Crippen LogP contribution in [0.2, 0.25) is 0 Å². The molecule has 1 atom stereocenters. The lowest BCUT2D eigenvalue weighted by molar-refractivity contribution is 0.300. The first-order chi connectivity index (χ1) is 7.98. The number of piperidine rings is 1. The van der Waals surface area contributed by atoms with E-state index in [9.17, 15) is 8.42 Å². The molecule has 0 aromatic rings. The van der Waals surface area contributed by atoms with Crippen molar-refractivity contribution in [2.75, 3.05) is 33.7 Å². The second-order valence-electron chi connectivity index (χ2n) is 4.80. The summed E-state index contributed by atoms with van der Waals surface area (Å²) in [5, 5.41) is 3.39. The first-order valence-electron chi connectivity index (χ1n) is 6.39. The third-order valence-electron chi connectivity index (χ3n) is 3.10. The van der Waals surface area contributed by atoms with Gasteiger partial charge in [0.15, 0.2) is 0 Å². The van der Waals surface area contributed by atoms with Crippen molar-refractivity contribution in [3.8, 4) is 0 Å². The maximum absolute atomic E-state index is 12.1. The molecule has 1 saturated heterocycles. The lowest BCUT2D eigenvalue weighted by Gasteiger charge is -2.31. The largest absolute Gasteiger partial charge is 0.313 e. The van der Waals surface area contributed by atoms with Crippen LogP contribution in [0.25, 0.3) is 0 Å². The predicted octanol–water partition coefficient (Wildman–Crippen LogP) is 0.647. The van der Waals surface area contributed by atoms with Gasteiger partial charge in [-0.2, -0.15) is 17.0 Å². The van der Waals surface area contributed by atoms with E-state index in [1.165, 1.54) is 17.1 Å². The molecule has 1 aliphatic rings. The molecule has 6 heteroatoms. The number of nitrogens with zero attached hydrogens (tertiary/aromatic N) is 2. The fourth-order valence-corrected chi connectivity index (χ4v) is 3.35. The fraction of sp³-hybridized carbons (Fsp3) is 1.00. The van der Waals surface area contributed by atoms with Crippen molar-refractivity contribution in [1.82, 2.24) is 13.9 Å². The minimum absolute atomic E-state index is 0.310. The van der Waals surface area contributed by atoms with Crippen molar-refractivity contribution in [3.05, 3.63) is 0 Å². The third-order valence-corrected chi connectivity index (χ3v) is 5.00. The minimum Gasteiger partial charge on any atom is -0.313 e. The summed E-state index contributed by atoms with van der Waals surface area (Å²) in [7, 11) is -0.0947. The van der Waals surface area contributed by atoms with Gasteiger partial charge in [-0.05, 0) is 25.8 Å². The van der Waals surface area contributed by atoms with E-state index in [0.717, 1.165) is 19.4 Å². The average molecular weight is 263 g/mol. The summed E-state index contributed by atoms with van der Waals surface area (Å²) in [5.74, 6) is 0. The van der Waals surface area contributed by atoms with Gasteiger partial charge in [-0.1, -0.05) is 13.3 Å². The Hall–Kier alpha value is -0.170. The summed E-state index contributed by atoms with van der Waals surface area (Å²) in [4.78, 5) is 0. The first-order valence-corrected chi connectivity index (χ1v) is 7.79. The van der Waals surface area contributed by atoms with E-state index in [-0.39, 0.29) is 0 Å². The molecule has 0 amide bonds. The van der Waals surface area contributed by atoms with Crippen LogP contribution in [0, 0.1) is 0 Å². The summed E-state index contributed by atoms with van der Waals surface area (Å²) in [5.41, 5.74) is 0. The molecular weight excluding hydrogens is 238 g/mol. The lowest BCUT2D eigenvalue weighted by atomic mass is 10.1. The Kier molecular flexibility index (Phi) is 5.85. The van der Waals surface area contributed by atoms with Gasteiger partial charge in [0.05, 0.1) is 0 Å². The zero-order chi connectivity index (χ0) is 12.9. The van der Waals surface area contributed by atoms with E-state index >= 15 is 0 Å². The van der Waals surface area contributed by atoms with Crippen molar-refractivity contribution >= 4 is 10.2 Å². The van der Waals surface area contributed by atoms with Crippen LogP contribution in [-0.2, 0) is 10.2 Å². The van der Waals surface area contributed by atoms with Gasteiger partial charge in [0.25, 0.3) is 10.2 Å². The fourth-order valence-electron chi connectivity index (χ4n) is 2.11. The number of nitrogens with one attached hydrogen (secondary N) is 1. The minimum atomic E-state index is -3.27. The summed E-state index contributed by atoms with van der Waals surface area (Å²) in [6, 6.07) is 0.310. The molecule has 1 fully saturated rings. The van der Waals surface area contributed by atoms with Crippen LogP contribution in [0.15, 0.2) is 0 Å². The Labute approximate surface area is 105 Å². The summed E-state index contributed by atoms with van der Waals surface area (Å²) in [6.07, 6.45) is 4.31. The Balaban J connectivity index is 2.65. The molecule has 1 N–H and O–H groups in total. The average Bonchev–Trinajstić information content (AvgIpc) is 2.29. The maximum Gasteiger partial charge on any atom is 0.281 e. The highest BCUT2D eigenvalue weighted by molar-refractivity contribution is 7.86. The number of hydrogen-bond acceptors (Lipinski definition) is 3. The Morgan fingerprint density at radius 3 is 2.47 bits per heavy atom. The van der Waals surface area contributed by atoms with Crippen LogP contribution in [0.1, 0.15) is 32.6 Å². The van der Waals surface area contributed by atoms with Gasteiger partial charge in [-0.15, -0.1) is 0 Å². The van der Waals surface area contributed by atoms with Gasteiger partial charge in [-0.3, -0.25) is 0 Å². The smallest absolute Gasteiger partial charge is 0.281 e. The second kappa shape index (κ2) is 6.68. The highest BCUT2D eigenvalue weighted by atomic mass is 32.2. The van der Waals surface area contributed by atoms with Gasteiger partial charge in [-0.25, -0.2) is 0 Å². The lowest BCUT2D eigenvalue weighted by Crippen LogP contribution is -2.49. The maximum atomic E-state index is 12.1. The first kappa shape index (κ1) is 14.9. The monoisotopic (exact) mass is 263 g/mol. The second-order valence-corrected chi connectivity index (χ2v) is 6.94. The molecule has 17 heavy (non-hydrogen) atoms. The van der Waals surface area contributed by atoms with Crippen LogP contribution in [-0.4, -0.2) is 56.8 Å². The van der Waals surface area contributed by atoms with Crippen molar-refractivity contribution in [2.24, 2.45) is 0 Å². The molecule has 0 bridgehead atoms. The van der Waals surface area contributed by atoms with Gasteiger partial charge in [0.1, 0.15) is 0 Å². The molecule has 5 nitrogen and oxygen atoms in total. The molecule has 0 aromatic carbocycles. The van der Waals surface area contributed by atoms with Gasteiger partial charge in [0, 0.05) is 33.2 Å². The third kappa shape index (κ3) is 4.21. The molecule has 0 saturated carbocycles. The predicted molar refractivity (Wildman–Crippen MR) is 70.1 cm³/mol. The van der Waals surface area contributed by atoms with E-state index in [0.29, 0.717) is 19.1 Å². The molecule has 0 spiro atoms. The highest BCUT2D eigenvalue weighted by Gasteiger charge is 2.27. The van der Waals surface area contributed by atoms with Gasteiger partial charge in [0.2, 0.25) is 0 Å². The van der Waals surface area contributed by atoms with Crippen molar-refractivity contribution < 1.29 is 8.42 Å². The zero-order valence-corrected chi connectivity index (χ0v) is 12.0. The molecule has 1 aliphatic heterocycles. The number of hydrogen-bond donors (Lipinski definition) is 1. The molecule has 102 valence electrons.